The topological polar surface area (TPSA) is 73.3 Å². The molecule has 0 saturated heterocycles. The maximum absolute atomic E-state index is 12.7. The summed E-state index contributed by atoms with van der Waals surface area (Å²) in [6.07, 6.45) is 1.39. The molecule has 0 aliphatic heterocycles. The van der Waals surface area contributed by atoms with Crippen molar-refractivity contribution < 1.29 is 18.4 Å². The zero-order valence-electron chi connectivity index (χ0n) is 16.2. The molecule has 0 bridgehead atoms. The number of benzene rings is 3. The van der Waals surface area contributed by atoms with Gasteiger partial charge in [-0.15, -0.1) is 0 Å². The average molecular weight is 460 g/mol. The van der Waals surface area contributed by atoms with Crippen LogP contribution in [0.2, 0.25) is 10.0 Å². The molecule has 0 fully saturated rings. The maximum Gasteiger partial charge on any atom is 0.266 e. The van der Waals surface area contributed by atoms with Gasteiger partial charge in [0.2, 0.25) is 5.89 Å². The lowest BCUT2D eigenvalue weighted by molar-refractivity contribution is 0.0990. The Morgan fingerprint density at radius 1 is 0.781 bits per heavy atom. The Labute approximate surface area is 190 Å². The normalized spacial score (nSPS) is 13.4. The number of carbonyl (C=O) groups is 2. The van der Waals surface area contributed by atoms with Crippen LogP contribution in [-0.4, -0.2) is 16.6 Å². The first-order valence-corrected chi connectivity index (χ1v) is 10.4. The number of oxazole rings is 1. The van der Waals surface area contributed by atoms with E-state index >= 15 is 0 Å². The van der Waals surface area contributed by atoms with Crippen LogP contribution in [0.1, 0.15) is 26.5 Å². The number of allylic oxidation sites excluding steroid dienone is 1. The van der Waals surface area contributed by atoms with Crippen LogP contribution in [0.5, 0.6) is 0 Å². The summed E-state index contributed by atoms with van der Waals surface area (Å²) in [5, 5.41) is 2.52. The summed E-state index contributed by atoms with van der Waals surface area (Å²) in [6.45, 7) is 0. The molecule has 1 aliphatic rings. The largest absolute Gasteiger partial charge is 0.436 e. The van der Waals surface area contributed by atoms with Crippen LogP contribution in [-0.2, 0) is 0 Å². The second-order valence-corrected chi connectivity index (χ2v) is 8.21. The van der Waals surface area contributed by atoms with E-state index in [1.54, 1.807) is 6.07 Å². The van der Waals surface area contributed by atoms with Crippen molar-refractivity contribution in [3.63, 3.8) is 0 Å². The summed E-state index contributed by atoms with van der Waals surface area (Å²) < 4.78 is 11.7. The van der Waals surface area contributed by atoms with E-state index in [1.165, 1.54) is 18.2 Å². The Balaban J connectivity index is 1.39. The van der Waals surface area contributed by atoms with Crippen LogP contribution in [0.3, 0.4) is 0 Å². The number of ketones is 2. The van der Waals surface area contributed by atoms with Crippen molar-refractivity contribution in [1.29, 1.82) is 0 Å². The van der Waals surface area contributed by atoms with Gasteiger partial charge in [0.15, 0.2) is 17.1 Å². The van der Waals surface area contributed by atoms with Crippen LogP contribution in [0.4, 0.5) is 0 Å². The summed E-state index contributed by atoms with van der Waals surface area (Å²) in [7, 11) is 0. The van der Waals surface area contributed by atoms with Gasteiger partial charge in [0, 0.05) is 22.8 Å². The molecule has 0 unspecified atom stereocenters. The quantitative estimate of drug-likeness (QED) is 0.209. The van der Waals surface area contributed by atoms with E-state index in [0.717, 1.165) is 16.3 Å². The van der Waals surface area contributed by atoms with E-state index in [2.05, 4.69) is 4.98 Å². The van der Waals surface area contributed by atoms with Gasteiger partial charge in [-0.2, -0.15) is 4.98 Å². The van der Waals surface area contributed by atoms with Gasteiger partial charge in [-0.1, -0.05) is 59.6 Å². The highest BCUT2D eigenvalue weighted by atomic mass is 35.5. The van der Waals surface area contributed by atoms with E-state index in [0.29, 0.717) is 11.5 Å². The zero-order valence-corrected chi connectivity index (χ0v) is 17.7. The lowest BCUT2D eigenvalue weighted by Gasteiger charge is -2.02. The molecule has 7 heteroatoms. The number of furan rings is 1. The minimum absolute atomic E-state index is 0.0241. The third kappa shape index (κ3) is 2.83. The van der Waals surface area contributed by atoms with Gasteiger partial charge < -0.3 is 8.83 Å². The Morgan fingerprint density at radius 2 is 1.47 bits per heavy atom. The highest BCUT2D eigenvalue weighted by molar-refractivity contribution is 6.46. The smallest absolute Gasteiger partial charge is 0.266 e. The fourth-order valence-corrected chi connectivity index (χ4v) is 4.27. The molecule has 0 atom stereocenters. The Kier molecular flexibility index (Phi) is 4.12. The van der Waals surface area contributed by atoms with E-state index in [-0.39, 0.29) is 38.2 Å². The minimum atomic E-state index is -0.430. The fourth-order valence-electron chi connectivity index (χ4n) is 3.94. The standard InChI is InChI=1S/C25H11Cl2NO4/c26-19-10-16-17(11-20(19)27)23(30)18(22(16)29)8-13-9-21-25(31-13)28-24(32-21)15-7-3-5-12-4-1-2-6-14(12)15/h1-11H. The molecule has 5 aromatic rings. The summed E-state index contributed by atoms with van der Waals surface area (Å²) in [4.78, 5) is 29.9. The van der Waals surface area contributed by atoms with Gasteiger partial charge >= 0.3 is 0 Å². The van der Waals surface area contributed by atoms with Crippen molar-refractivity contribution in [1.82, 2.24) is 4.98 Å². The number of fused-ring (bicyclic) bond motifs is 3. The number of rotatable bonds is 2. The third-order valence-corrected chi connectivity index (χ3v) is 6.18. The molecule has 6 rings (SSSR count). The van der Waals surface area contributed by atoms with Crippen molar-refractivity contribution in [3.8, 4) is 11.5 Å². The number of hydrogen-bond acceptors (Lipinski definition) is 5. The van der Waals surface area contributed by atoms with Crippen LogP contribution < -0.4 is 0 Å². The molecule has 2 heterocycles. The van der Waals surface area contributed by atoms with E-state index < -0.39 is 11.6 Å². The number of hydrogen-bond donors (Lipinski definition) is 0. The van der Waals surface area contributed by atoms with Crippen molar-refractivity contribution in [2.75, 3.05) is 0 Å². The summed E-state index contributed by atoms with van der Waals surface area (Å²) >= 11 is 12.0. The molecule has 0 N–H and O–H groups in total. The molecule has 0 amide bonds. The molecule has 1 aliphatic carbocycles. The van der Waals surface area contributed by atoms with Crippen molar-refractivity contribution >= 4 is 62.9 Å². The lowest BCUT2D eigenvalue weighted by Crippen LogP contribution is -1.99. The number of carbonyl (C=O) groups excluding carboxylic acids is 2. The van der Waals surface area contributed by atoms with Gasteiger partial charge in [0.1, 0.15) is 5.76 Å². The predicted octanol–water partition coefficient (Wildman–Crippen LogP) is 7.01. The first-order valence-electron chi connectivity index (χ1n) is 9.68. The summed E-state index contributed by atoms with van der Waals surface area (Å²) in [6, 6.07) is 18.3. The molecule has 0 saturated carbocycles. The SMILES string of the molecule is O=C1C(=Cc2cc3oc(-c4cccc5ccccc45)nc3o2)C(=O)c2cc(Cl)c(Cl)cc21. The number of halogens is 2. The van der Waals surface area contributed by atoms with Gasteiger partial charge in [-0.05, 0) is 35.0 Å². The number of aromatic nitrogens is 1. The maximum atomic E-state index is 12.7. The molecule has 2 aromatic heterocycles. The number of Topliss-reactive ketones (excluding diaryl/α,β-unsaturated/α-hetero) is 2. The molecule has 5 nitrogen and oxygen atoms in total. The van der Waals surface area contributed by atoms with E-state index in [4.69, 9.17) is 32.0 Å². The van der Waals surface area contributed by atoms with Crippen LogP contribution >= 0.6 is 23.2 Å². The molecule has 3 aromatic carbocycles. The summed E-state index contributed by atoms with van der Waals surface area (Å²) in [5.41, 5.74) is 1.97. The van der Waals surface area contributed by atoms with Crippen molar-refractivity contribution in [2.45, 2.75) is 0 Å². The molecule has 0 radical (unpaired) electrons. The number of nitrogens with zero attached hydrogens (tertiary/aromatic N) is 1. The van der Waals surface area contributed by atoms with Gasteiger partial charge in [0.25, 0.3) is 5.71 Å². The molecular formula is C25H11Cl2NO4. The molecule has 0 spiro atoms. The van der Waals surface area contributed by atoms with Crippen LogP contribution in [0.25, 0.3) is 39.6 Å². The monoisotopic (exact) mass is 459 g/mol. The Morgan fingerprint density at radius 3 is 2.19 bits per heavy atom. The van der Waals surface area contributed by atoms with Gasteiger partial charge in [-0.3, -0.25) is 9.59 Å². The predicted molar refractivity (Wildman–Crippen MR) is 122 cm³/mol. The highest BCUT2D eigenvalue weighted by Gasteiger charge is 2.34. The summed E-state index contributed by atoms with van der Waals surface area (Å²) in [5.74, 6) is -0.140. The second-order valence-electron chi connectivity index (χ2n) is 7.39. The molecule has 32 heavy (non-hydrogen) atoms. The van der Waals surface area contributed by atoms with E-state index in [9.17, 15) is 9.59 Å². The fraction of sp³-hybridized carbons (Fsp3) is 0. The van der Waals surface area contributed by atoms with Crippen molar-refractivity contribution in [2.24, 2.45) is 0 Å². The Hall–Kier alpha value is -3.67. The first-order chi connectivity index (χ1) is 15.5. The van der Waals surface area contributed by atoms with Crippen LogP contribution in [0, 0.1) is 0 Å². The zero-order chi connectivity index (χ0) is 22.0. The van der Waals surface area contributed by atoms with Crippen molar-refractivity contribution in [3.05, 3.63) is 93.2 Å². The minimum Gasteiger partial charge on any atom is -0.436 e. The lowest BCUT2D eigenvalue weighted by atomic mass is 10.0. The van der Waals surface area contributed by atoms with Gasteiger partial charge in [-0.25, -0.2) is 0 Å². The molecule has 154 valence electrons. The Bertz CT molecular complexity index is 1560. The average Bonchev–Trinajstić information content (AvgIpc) is 3.42. The first kappa shape index (κ1) is 19.0. The highest BCUT2D eigenvalue weighted by Crippen LogP contribution is 2.36. The van der Waals surface area contributed by atoms with Crippen LogP contribution in [0.15, 0.2) is 75.1 Å². The van der Waals surface area contributed by atoms with E-state index in [1.807, 2.05) is 42.5 Å². The molecular weight excluding hydrogens is 449 g/mol. The third-order valence-electron chi connectivity index (χ3n) is 5.45. The second kappa shape index (κ2) is 6.92. The van der Waals surface area contributed by atoms with Gasteiger partial charge in [0.05, 0.1) is 15.6 Å².